The van der Waals surface area contributed by atoms with Crippen LogP contribution < -0.4 is 0 Å². The van der Waals surface area contributed by atoms with Gasteiger partial charge in [-0.25, -0.2) is 0 Å². The van der Waals surface area contributed by atoms with Gasteiger partial charge in [0.25, 0.3) is 0 Å². The Hall–Kier alpha value is 0.0869. The van der Waals surface area contributed by atoms with Crippen molar-refractivity contribution in [1.82, 2.24) is 0 Å². The molecular weight excluding hydrogens is 112 g/mol. The summed E-state index contributed by atoms with van der Waals surface area (Å²) >= 11 is 0. The predicted octanol–water partition coefficient (Wildman–Crippen LogP) is 2.31. The minimum Gasteiger partial charge on any atom is -0.104 e. The Kier molecular flexibility index (Phi) is 5.28. The molecule has 0 fully saturated rings. The second kappa shape index (κ2) is 5.23. The van der Waals surface area contributed by atoms with E-state index in [9.17, 15) is 0 Å². The van der Waals surface area contributed by atoms with Crippen LogP contribution in [0.1, 0.15) is 26.7 Å². The Balaban J connectivity index is 3.29. The van der Waals surface area contributed by atoms with Crippen molar-refractivity contribution in [2.45, 2.75) is 39.3 Å². The number of hydrogen-bond donors (Lipinski definition) is 0. The lowest BCUT2D eigenvalue weighted by Crippen LogP contribution is -1.95. The molecule has 0 aliphatic rings. The summed E-state index contributed by atoms with van der Waals surface area (Å²) in [5.41, 5.74) is 2.48. The molecule has 1 heteroatoms. The third kappa shape index (κ3) is 4.25. The molecule has 0 N–H and O–H groups in total. The van der Waals surface area contributed by atoms with Crippen LogP contribution in [0, 0.1) is 0 Å². The third-order valence-electron chi connectivity index (χ3n) is 1.20. The largest absolute Gasteiger partial charge is 0.104 e. The van der Waals surface area contributed by atoms with E-state index in [0.717, 1.165) is 0 Å². The van der Waals surface area contributed by atoms with Gasteiger partial charge in [-0.05, 0) is 12.5 Å². The topological polar surface area (TPSA) is 0 Å². The standard InChI is InChI=1S/C7H16Si/c1-4-6-8(3)7-5-2/h6H,4-5,7H2,1-3H3. The van der Waals surface area contributed by atoms with E-state index in [2.05, 4.69) is 26.1 Å². The quantitative estimate of drug-likeness (QED) is 0.512. The number of hydrogen-bond acceptors (Lipinski definition) is 0. The van der Waals surface area contributed by atoms with Crippen LogP contribution in [0.5, 0.6) is 0 Å². The van der Waals surface area contributed by atoms with Crippen molar-refractivity contribution in [3.05, 3.63) is 0 Å². The molecule has 0 nitrogen and oxygen atoms in total. The highest BCUT2D eigenvalue weighted by atomic mass is 28.2. The first kappa shape index (κ1) is 8.09. The van der Waals surface area contributed by atoms with E-state index >= 15 is 0 Å². The average Bonchev–Trinajstić information content (AvgIpc) is 1.68. The summed E-state index contributed by atoms with van der Waals surface area (Å²) in [7, 11) is -0.0165. The highest BCUT2D eigenvalue weighted by Gasteiger charge is 1.83. The maximum atomic E-state index is 2.48. The molecule has 0 aromatic heterocycles. The Bertz CT molecular complexity index is 74.5. The van der Waals surface area contributed by atoms with Crippen molar-refractivity contribution in [3.63, 3.8) is 0 Å². The molecule has 0 spiro atoms. The second-order valence-corrected chi connectivity index (χ2v) is 4.81. The van der Waals surface area contributed by atoms with Gasteiger partial charge in [0.15, 0.2) is 0 Å². The Labute approximate surface area is 54.1 Å². The van der Waals surface area contributed by atoms with Gasteiger partial charge in [0, 0.05) is 8.41 Å². The van der Waals surface area contributed by atoms with Gasteiger partial charge < -0.3 is 0 Å². The first-order valence-electron chi connectivity index (χ1n) is 3.46. The van der Waals surface area contributed by atoms with Gasteiger partial charge in [0.2, 0.25) is 0 Å². The second-order valence-electron chi connectivity index (χ2n) is 2.21. The lowest BCUT2D eigenvalue weighted by molar-refractivity contribution is 1.07. The Morgan fingerprint density at radius 1 is 1.38 bits per heavy atom. The molecule has 0 amide bonds. The highest BCUT2D eigenvalue weighted by Crippen LogP contribution is 1.88. The molecule has 0 aromatic rings. The summed E-state index contributed by atoms with van der Waals surface area (Å²) in [5, 5.41) is 0. The van der Waals surface area contributed by atoms with E-state index < -0.39 is 0 Å². The number of rotatable bonds is 3. The van der Waals surface area contributed by atoms with Crippen molar-refractivity contribution in [2.24, 2.45) is 0 Å². The molecule has 0 rings (SSSR count). The smallest absolute Gasteiger partial charge is 0.00197 e. The third-order valence-corrected chi connectivity index (χ3v) is 3.59. The first-order valence-corrected chi connectivity index (χ1v) is 5.75. The summed E-state index contributed by atoms with van der Waals surface area (Å²) in [6, 6.07) is 1.46. The first-order chi connectivity index (χ1) is 3.81. The van der Waals surface area contributed by atoms with Crippen LogP contribution in [0.2, 0.25) is 12.6 Å². The molecule has 0 aliphatic heterocycles. The molecule has 48 valence electrons. The fourth-order valence-electron chi connectivity index (χ4n) is 0.845. The zero-order chi connectivity index (χ0) is 6.41. The van der Waals surface area contributed by atoms with Crippen LogP contribution in [0.4, 0.5) is 0 Å². The van der Waals surface area contributed by atoms with Gasteiger partial charge >= 0.3 is 0 Å². The molecule has 0 aromatic carbocycles. The van der Waals surface area contributed by atoms with Crippen LogP contribution in [0.15, 0.2) is 0 Å². The van der Waals surface area contributed by atoms with Crippen LogP contribution in [-0.2, 0) is 0 Å². The van der Waals surface area contributed by atoms with Gasteiger partial charge in [-0.3, -0.25) is 0 Å². The van der Waals surface area contributed by atoms with E-state index in [-0.39, 0.29) is 8.41 Å². The summed E-state index contributed by atoms with van der Waals surface area (Å²) < 4.78 is 0. The van der Waals surface area contributed by atoms with Crippen molar-refractivity contribution in [1.29, 1.82) is 0 Å². The van der Waals surface area contributed by atoms with Crippen molar-refractivity contribution >= 4 is 14.1 Å². The fourth-order valence-corrected chi connectivity index (χ4v) is 2.53. The van der Waals surface area contributed by atoms with E-state index in [1.165, 1.54) is 18.9 Å². The lowest BCUT2D eigenvalue weighted by Gasteiger charge is -1.91. The molecular formula is C7H16Si. The average molecular weight is 128 g/mol. The summed E-state index contributed by atoms with van der Waals surface area (Å²) in [6.45, 7) is 6.87. The monoisotopic (exact) mass is 128 g/mol. The van der Waals surface area contributed by atoms with Gasteiger partial charge in [0.05, 0.1) is 0 Å². The van der Waals surface area contributed by atoms with Gasteiger partial charge in [-0.15, -0.1) is 5.67 Å². The predicted molar refractivity (Wildman–Crippen MR) is 43.1 cm³/mol. The van der Waals surface area contributed by atoms with Crippen LogP contribution >= 0.6 is 0 Å². The maximum absolute atomic E-state index is 2.48. The SMILES string of the molecule is CCC=[Si](C)CCC. The Morgan fingerprint density at radius 2 is 2.00 bits per heavy atom. The minimum atomic E-state index is -0.0165. The molecule has 0 saturated carbocycles. The minimum absolute atomic E-state index is 0.0165. The van der Waals surface area contributed by atoms with Crippen LogP contribution in [0.3, 0.4) is 0 Å². The molecule has 0 aliphatic carbocycles. The van der Waals surface area contributed by atoms with Gasteiger partial charge in [-0.2, -0.15) is 0 Å². The van der Waals surface area contributed by atoms with E-state index in [1.807, 2.05) is 0 Å². The summed E-state index contributed by atoms with van der Waals surface area (Å²) in [5.74, 6) is 0. The van der Waals surface area contributed by atoms with Gasteiger partial charge in [0.1, 0.15) is 0 Å². The van der Waals surface area contributed by atoms with E-state index in [4.69, 9.17) is 0 Å². The molecule has 0 bridgehead atoms. The maximum Gasteiger partial charge on any atom is 0.00197 e. The molecule has 0 radical (unpaired) electrons. The zero-order valence-corrected chi connectivity index (χ0v) is 7.20. The Morgan fingerprint density at radius 3 is 2.38 bits per heavy atom. The van der Waals surface area contributed by atoms with E-state index in [1.54, 1.807) is 0 Å². The highest BCUT2D eigenvalue weighted by molar-refractivity contribution is 6.64. The van der Waals surface area contributed by atoms with Crippen molar-refractivity contribution < 1.29 is 0 Å². The summed E-state index contributed by atoms with van der Waals surface area (Å²) in [4.78, 5) is 0. The lowest BCUT2D eigenvalue weighted by atomic mass is 10.6. The molecule has 0 heterocycles. The molecule has 8 heavy (non-hydrogen) atoms. The molecule has 0 unspecified atom stereocenters. The normalized spacial score (nSPS) is 12.1. The molecule has 0 atom stereocenters. The van der Waals surface area contributed by atoms with Gasteiger partial charge in [-0.1, -0.05) is 26.8 Å². The van der Waals surface area contributed by atoms with Crippen molar-refractivity contribution in [2.75, 3.05) is 0 Å². The van der Waals surface area contributed by atoms with Crippen molar-refractivity contribution in [3.8, 4) is 0 Å². The summed E-state index contributed by atoms with van der Waals surface area (Å²) in [6.07, 6.45) is 2.63. The zero-order valence-electron chi connectivity index (χ0n) is 6.20. The molecule has 0 saturated heterocycles. The van der Waals surface area contributed by atoms with Crippen LogP contribution in [-0.4, -0.2) is 14.1 Å². The fraction of sp³-hybridized carbons (Fsp3) is 0.857. The van der Waals surface area contributed by atoms with Crippen LogP contribution in [0.25, 0.3) is 0 Å². The van der Waals surface area contributed by atoms with E-state index in [0.29, 0.717) is 0 Å².